The van der Waals surface area contributed by atoms with Crippen molar-refractivity contribution in [3.8, 4) is 0 Å². The van der Waals surface area contributed by atoms with Crippen LogP contribution in [0.2, 0.25) is 0 Å². The molecule has 0 aromatic rings. The van der Waals surface area contributed by atoms with Gasteiger partial charge >= 0.3 is 0 Å². The van der Waals surface area contributed by atoms with E-state index in [2.05, 4.69) is 11.9 Å². The van der Waals surface area contributed by atoms with Crippen molar-refractivity contribution in [3.63, 3.8) is 0 Å². The van der Waals surface area contributed by atoms with Gasteiger partial charge in [-0.2, -0.15) is 11.8 Å². The smallest absolute Gasteiger partial charge is 0.0469 e. The third-order valence-corrected chi connectivity index (χ3v) is 4.75. The first-order valence-corrected chi connectivity index (χ1v) is 7.06. The molecule has 0 radical (unpaired) electrons. The van der Waals surface area contributed by atoms with E-state index in [4.69, 9.17) is 10.5 Å². The van der Waals surface area contributed by atoms with Gasteiger partial charge in [-0.1, -0.05) is 0 Å². The lowest BCUT2D eigenvalue weighted by Crippen LogP contribution is -2.54. The van der Waals surface area contributed by atoms with Crippen molar-refractivity contribution >= 4 is 11.8 Å². The van der Waals surface area contributed by atoms with Gasteiger partial charge in [-0.05, 0) is 25.8 Å². The molecule has 2 saturated heterocycles. The van der Waals surface area contributed by atoms with Gasteiger partial charge in [-0.25, -0.2) is 0 Å². The quantitative estimate of drug-likeness (QED) is 0.761. The Kier molecular flexibility index (Phi) is 4.31. The summed E-state index contributed by atoms with van der Waals surface area (Å²) < 4.78 is 5.39. The van der Waals surface area contributed by atoms with Crippen LogP contribution >= 0.6 is 11.8 Å². The van der Waals surface area contributed by atoms with Gasteiger partial charge in [0.2, 0.25) is 0 Å². The first kappa shape index (κ1) is 11.7. The third-order valence-electron chi connectivity index (χ3n) is 3.70. The van der Waals surface area contributed by atoms with Crippen LogP contribution in [-0.4, -0.2) is 55.3 Å². The maximum absolute atomic E-state index is 6.40. The van der Waals surface area contributed by atoms with E-state index in [9.17, 15) is 0 Å². The summed E-state index contributed by atoms with van der Waals surface area (Å²) in [5.74, 6) is 3.13. The van der Waals surface area contributed by atoms with E-state index in [0.29, 0.717) is 18.0 Å². The van der Waals surface area contributed by atoms with Crippen molar-refractivity contribution in [3.05, 3.63) is 0 Å². The average molecular weight is 230 g/mol. The molecule has 0 aliphatic carbocycles. The maximum Gasteiger partial charge on any atom is 0.0469 e. The van der Waals surface area contributed by atoms with Crippen LogP contribution in [0.25, 0.3) is 0 Å². The van der Waals surface area contributed by atoms with Gasteiger partial charge in [0.15, 0.2) is 0 Å². The summed E-state index contributed by atoms with van der Waals surface area (Å²) in [4.78, 5) is 2.44. The second-order valence-corrected chi connectivity index (χ2v) is 5.80. The molecule has 2 atom stereocenters. The highest BCUT2D eigenvalue weighted by Crippen LogP contribution is 2.25. The molecule has 0 bridgehead atoms. The SMILES string of the molecule is CN1CCSCC1C(N)C1CCOCC1. The Morgan fingerprint density at radius 2 is 2.13 bits per heavy atom. The van der Waals surface area contributed by atoms with Crippen molar-refractivity contribution in [2.75, 3.05) is 38.3 Å². The first-order valence-electron chi connectivity index (χ1n) is 5.90. The van der Waals surface area contributed by atoms with Gasteiger partial charge in [-0.15, -0.1) is 0 Å². The standard InChI is InChI=1S/C11H22N2OS/c1-13-4-7-15-8-10(13)11(12)9-2-5-14-6-3-9/h9-11H,2-8,12H2,1H3. The minimum absolute atomic E-state index is 0.340. The highest BCUT2D eigenvalue weighted by atomic mass is 32.2. The second kappa shape index (κ2) is 5.53. The van der Waals surface area contributed by atoms with E-state index in [0.717, 1.165) is 26.1 Å². The van der Waals surface area contributed by atoms with Gasteiger partial charge in [0, 0.05) is 43.3 Å². The van der Waals surface area contributed by atoms with Crippen LogP contribution in [0, 0.1) is 5.92 Å². The van der Waals surface area contributed by atoms with Crippen LogP contribution in [0.5, 0.6) is 0 Å². The molecule has 2 heterocycles. The molecule has 2 N–H and O–H groups in total. The minimum Gasteiger partial charge on any atom is -0.381 e. The van der Waals surface area contributed by atoms with Crippen molar-refractivity contribution in [2.24, 2.45) is 11.7 Å². The van der Waals surface area contributed by atoms with E-state index in [1.165, 1.54) is 18.1 Å². The van der Waals surface area contributed by atoms with Gasteiger partial charge in [0.25, 0.3) is 0 Å². The van der Waals surface area contributed by atoms with Crippen molar-refractivity contribution in [1.29, 1.82) is 0 Å². The Balaban J connectivity index is 1.89. The number of hydrogen-bond acceptors (Lipinski definition) is 4. The van der Waals surface area contributed by atoms with Crippen LogP contribution < -0.4 is 5.73 Å². The molecule has 2 unspecified atom stereocenters. The Labute approximate surface area is 96.7 Å². The third kappa shape index (κ3) is 2.87. The first-order chi connectivity index (χ1) is 7.29. The van der Waals surface area contributed by atoms with Gasteiger partial charge in [-0.3, -0.25) is 0 Å². The highest BCUT2D eigenvalue weighted by molar-refractivity contribution is 7.99. The molecule has 2 rings (SSSR count). The molecule has 0 saturated carbocycles. The normalized spacial score (nSPS) is 32.8. The lowest BCUT2D eigenvalue weighted by atomic mass is 9.88. The predicted molar refractivity (Wildman–Crippen MR) is 65.3 cm³/mol. The molecule has 4 heteroatoms. The molecule has 2 aliphatic heterocycles. The summed E-state index contributed by atoms with van der Waals surface area (Å²) in [7, 11) is 2.21. The molecular formula is C11H22N2OS. The van der Waals surface area contributed by atoms with Gasteiger partial charge < -0.3 is 15.4 Å². The van der Waals surface area contributed by atoms with Crippen molar-refractivity contribution < 1.29 is 4.74 Å². The summed E-state index contributed by atoms with van der Waals surface area (Å²) in [6.45, 7) is 3.00. The Morgan fingerprint density at radius 1 is 1.40 bits per heavy atom. The molecule has 0 spiro atoms. The van der Waals surface area contributed by atoms with Crippen LogP contribution in [0.15, 0.2) is 0 Å². The van der Waals surface area contributed by atoms with E-state index in [1.54, 1.807) is 0 Å². The average Bonchev–Trinajstić information content (AvgIpc) is 2.30. The number of hydrogen-bond donors (Lipinski definition) is 1. The van der Waals surface area contributed by atoms with E-state index in [1.807, 2.05) is 11.8 Å². The van der Waals surface area contributed by atoms with Crippen LogP contribution in [-0.2, 0) is 4.74 Å². The molecule has 0 aromatic heterocycles. The van der Waals surface area contributed by atoms with E-state index >= 15 is 0 Å². The largest absolute Gasteiger partial charge is 0.381 e. The number of nitrogens with two attached hydrogens (primary N) is 1. The van der Waals surface area contributed by atoms with Gasteiger partial charge in [0.1, 0.15) is 0 Å². The summed E-state index contributed by atoms with van der Waals surface area (Å²) in [5, 5.41) is 0. The van der Waals surface area contributed by atoms with Crippen LogP contribution in [0.4, 0.5) is 0 Å². The topological polar surface area (TPSA) is 38.5 Å². The number of thioether (sulfide) groups is 1. The fraction of sp³-hybridized carbons (Fsp3) is 1.00. The van der Waals surface area contributed by atoms with E-state index < -0.39 is 0 Å². The molecule has 3 nitrogen and oxygen atoms in total. The monoisotopic (exact) mass is 230 g/mol. The number of rotatable bonds is 2. The van der Waals surface area contributed by atoms with Crippen LogP contribution in [0.1, 0.15) is 12.8 Å². The van der Waals surface area contributed by atoms with E-state index in [-0.39, 0.29) is 0 Å². The zero-order chi connectivity index (χ0) is 10.7. The molecule has 88 valence electrons. The Morgan fingerprint density at radius 3 is 2.80 bits per heavy atom. The lowest BCUT2D eigenvalue weighted by molar-refractivity contribution is 0.0468. The molecule has 0 amide bonds. The van der Waals surface area contributed by atoms with Crippen molar-refractivity contribution in [2.45, 2.75) is 24.9 Å². The highest BCUT2D eigenvalue weighted by Gasteiger charge is 2.31. The summed E-state index contributed by atoms with van der Waals surface area (Å²) in [6.07, 6.45) is 2.30. The molecule has 2 fully saturated rings. The zero-order valence-corrected chi connectivity index (χ0v) is 10.3. The minimum atomic E-state index is 0.340. The zero-order valence-electron chi connectivity index (χ0n) is 9.52. The maximum atomic E-state index is 6.40. The van der Waals surface area contributed by atoms with Gasteiger partial charge in [0.05, 0.1) is 0 Å². The summed E-state index contributed by atoms with van der Waals surface area (Å²) >= 11 is 2.05. The van der Waals surface area contributed by atoms with Crippen molar-refractivity contribution in [1.82, 2.24) is 4.90 Å². The predicted octanol–water partition coefficient (Wildman–Crippen LogP) is 0.787. The fourth-order valence-electron chi connectivity index (χ4n) is 2.53. The fourth-order valence-corrected chi connectivity index (χ4v) is 3.83. The Bertz CT molecular complexity index is 197. The Hall–Kier alpha value is 0.230. The molecule has 15 heavy (non-hydrogen) atoms. The number of nitrogens with zero attached hydrogens (tertiary/aromatic N) is 1. The summed E-state index contributed by atoms with van der Waals surface area (Å²) in [6, 6.07) is 0.915. The van der Waals surface area contributed by atoms with Crippen LogP contribution in [0.3, 0.4) is 0 Å². The summed E-state index contributed by atoms with van der Waals surface area (Å²) in [5.41, 5.74) is 6.40. The lowest BCUT2D eigenvalue weighted by Gasteiger charge is -2.40. The molecule has 2 aliphatic rings. The molecular weight excluding hydrogens is 208 g/mol. The number of likely N-dealkylation sites (N-methyl/N-ethyl adjacent to an activating group) is 1. The number of ether oxygens (including phenoxy) is 1. The second-order valence-electron chi connectivity index (χ2n) is 4.65. The molecule has 0 aromatic carbocycles.